The normalized spacial score (nSPS) is 29.2. The third-order valence-corrected chi connectivity index (χ3v) is 5.25. The van der Waals surface area contributed by atoms with E-state index in [0.717, 1.165) is 7.11 Å². The molecule has 0 amide bonds. The van der Waals surface area contributed by atoms with Crippen LogP contribution in [0, 0.1) is 11.8 Å². The minimum atomic E-state index is -1.69. The van der Waals surface area contributed by atoms with Crippen LogP contribution in [0.3, 0.4) is 0 Å². The summed E-state index contributed by atoms with van der Waals surface area (Å²) in [6, 6.07) is 4.52. The second-order valence-electron chi connectivity index (χ2n) is 6.20. The van der Waals surface area contributed by atoms with Crippen molar-refractivity contribution in [1.29, 1.82) is 0 Å². The van der Waals surface area contributed by atoms with E-state index in [2.05, 4.69) is 0 Å². The number of halogens is 2. The van der Waals surface area contributed by atoms with Gasteiger partial charge in [0.25, 0.3) is 0 Å². The van der Waals surface area contributed by atoms with Crippen molar-refractivity contribution in [1.82, 2.24) is 0 Å². The fourth-order valence-corrected chi connectivity index (χ4v) is 3.70. The summed E-state index contributed by atoms with van der Waals surface area (Å²) >= 11 is 12.0. The van der Waals surface area contributed by atoms with Crippen molar-refractivity contribution in [3.63, 3.8) is 0 Å². The molecule has 0 aliphatic heterocycles. The molecule has 1 aromatic carbocycles. The van der Waals surface area contributed by atoms with Gasteiger partial charge in [0.1, 0.15) is 5.92 Å². The van der Waals surface area contributed by atoms with Crippen molar-refractivity contribution in [3.05, 3.63) is 33.8 Å². The third-order valence-electron chi connectivity index (χ3n) is 4.51. The molecule has 2 rings (SSSR count). The Morgan fingerprint density at radius 2 is 1.76 bits per heavy atom. The molecule has 4 atom stereocenters. The average molecular weight is 389 g/mol. The third kappa shape index (κ3) is 3.66. The molecule has 0 aromatic heterocycles. The van der Waals surface area contributed by atoms with Crippen molar-refractivity contribution in [3.8, 4) is 0 Å². The van der Waals surface area contributed by atoms with Crippen molar-refractivity contribution < 1.29 is 29.0 Å². The molecule has 0 heterocycles. The number of carbonyl (C=O) groups excluding carboxylic acids is 3. The van der Waals surface area contributed by atoms with Gasteiger partial charge < -0.3 is 14.6 Å². The summed E-state index contributed by atoms with van der Waals surface area (Å²) in [5, 5.41) is 11.2. The van der Waals surface area contributed by atoms with E-state index in [1.807, 2.05) is 0 Å². The largest absolute Gasteiger partial charge is 0.469 e. The Morgan fingerprint density at radius 1 is 1.16 bits per heavy atom. The van der Waals surface area contributed by atoms with Crippen LogP contribution >= 0.6 is 23.2 Å². The van der Waals surface area contributed by atoms with E-state index in [1.54, 1.807) is 6.07 Å². The molecule has 0 saturated heterocycles. The molecule has 0 spiro atoms. The highest BCUT2D eigenvalue weighted by Crippen LogP contribution is 2.47. The number of methoxy groups -OCH3 is 2. The Labute approximate surface area is 155 Å². The van der Waals surface area contributed by atoms with Crippen LogP contribution in [-0.4, -0.2) is 42.6 Å². The summed E-state index contributed by atoms with van der Waals surface area (Å²) in [6.45, 7) is 1.37. The fourth-order valence-electron chi connectivity index (χ4n) is 3.39. The first-order chi connectivity index (χ1) is 11.6. The number of hydrogen-bond donors (Lipinski definition) is 1. The molecule has 1 aliphatic rings. The zero-order chi connectivity index (χ0) is 18.9. The Hall–Kier alpha value is -1.63. The summed E-state index contributed by atoms with van der Waals surface area (Å²) in [5.74, 6) is -5.45. The molecule has 1 saturated carbocycles. The highest BCUT2D eigenvalue weighted by molar-refractivity contribution is 6.42. The van der Waals surface area contributed by atoms with Gasteiger partial charge in [0.05, 0.1) is 35.8 Å². The molecule has 6 nitrogen and oxygen atoms in total. The molecule has 0 bridgehead atoms. The lowest BCUT2D eigenvalue weighted by molar-refractivity contribution is -0.170. The van der Waals surface area contributed by atoms with Gasteiger partial charge >= 0.3 is 11.9 Å². The highest BCUT2D eigenvalue weighted by atomic mass is 35.5. The SMILES string of the molecule is COC(=O)[C@@H]1C(=O)C[C@](C)(O)[C@@H](C(=O)OC)[C@@H]1c1ccc(Cl)c(Cl)c1. The lowest BCUT2D eigenvalue weighted by Gasteiger charge is -2.43. The fraction of sp³-hybridized carbons (Fsp3) is 0.471. The summed E-state index contributed by atoms with van der Waals surface area (Å²) in [6.07, 6.45) is -0.371. The summed E-state index contributed by atoms with van der Waals surface area (Å²) in [4.78, 5) is 37.2. The molecule has 136 valence electrons. The number of rotatable bonds is 3. The zero-order valence-corrected chi connectivity index (χ0v) is 15.4. The standard InChI is InChI=1S/C17H18Cl2O6/c1-17(23)7-11(20)13(15(21)24-2)12(14(17)16(22)25-3)8-4-5-9(18)10(19)6-8/h4-6,12-14,23H,7H2,1-3H3/t12-,13-,14-,17+/m1/s1. The summed E-state index contributed by atoms with van der Waals surface area (Å²) in [5.41, 5.74) is -1.28. The van der Waals surface area contributed by atoms with Gasteiger partial charge in [-0.2, -0.15) is 0 Å². The predicted octanol–water partition coefficient (Wildman–Crippen LogP) is 2.38. The monoisotopic (exact) mass is 388 g/mol. The van der Waals surface area contributed by atoms with Crippen LogP contribution in [0.2, 0.25) is 10.0 Å². The van der Waals surface area contributed by atoms with Gasteiger partial charge in [-0.1, -0.05) is 29.3 Å². The number of Topliss-reactive ketones (excluding diaryl/α,β-unsaturated/α-hetero) is 1. The van der Waals surface area contributed by atoms with Crippen LogP contribution in [0.15, 0.2) is 18.2 Å². The second-order valence-corrected chi connectivity index (χ2v) is 7.02. The Bertz CT molecular complexity index is 715. The van der Waals surface area contributed by atoms with E-state index in [4.69, 9.17) is 32.7 Å². The van der Waals surface area contributed by atoms with E-state index in [-0.39, 0.29) is 16.5 Å². The lowest BCUT2D eigenvalue weighted by atomic mass is 9.62. The molecular weight excluding hydrogens is 371 g/mol. The van der Waals surface area contributed by atoms with Gasteiger partial charge in [-0.3, -0.25) is 14.4 Å². The lowest BCUT2D eigenvalue weighted by Crippen LogP contribution is -2.55. The number of aliphatic hydroxyl groups is 1. The highest BCUT2D eigenvalue weighted by Gasteiger charge is 2.56. The van der Waals surface area contributed by atoms with Crippen molar-refractivity contribution in [2.45, 2.75) is 24.9 Å². The van der Waals surface area contributed by atoms with Crippen LogP contribution in [0.25, 0.3) is 0 Å². The van der Waals surface area contributed by atoms with E-state index < -0.39 is 41.1 Å². The molecule has 0 radical (unpaired) electrons. The van der Waals surface area contributed by atoms with Crippen molar-refractivity contribution in [2.24, 2.45) is 11.8 Å². The predicted molar refractivity (Wildman–Crippen MR) is 90.5 cm³/mol. The van der Waals surface area contributed by atoms with Crippen molar-refractivity contribution in [2.75, 3.05) is 14.2 Å². The van der Waals surface area contributed by atoms with Crippen LogP contribution in [-0.2, 0) is 23.9 Å². The van der Waals surface area contributed by atoms with Gasteiger partial charge in [0.15, 0.2) is 5.78 Å². The van der Waals surface area contributed by atoms with Crippen LogP contribution in [0.4, 0.5) is 0 Å². The molecule has 1 aliphatic carbocycles. The number of esters is 2. The maximum absolute atomic E-state index is 12.5. The van der Waals surface area contributed by atoms with Gasteiger partial charge in [-0.05, 0) is 24.6 Å². The van der Waals surface area contributed by atoms with Crippen LogP contribution in [0.1, 0.15) is 24.8 Å². The van der Waals surface area contributed by atoms with E-state index in [9.17, 15) is 19.5 Å². The first kappa shape index (κ1) is 19.7. The zero-order valence-electron chi connectivity index (χ0n) is 13.9. The Balaban J connectivity index is 2.68. The van der Waals surface area contributed by atoms with Crippen LogP contribution in [0.5, 0.6) is 0 Å². The van der Waals surface area contributed by atoms with Gasteiger partial charge in [0.2, 0.25) is 0 Å². The van der Waals surface area contributed by atoms with Gasteiger partial charge in [-0.15, -0.1) is 0 Å². The second kappa shape index (κ2) is 7.32. The summed E-state index contributed by atoms with van der Waals surface area (Å²) < 4.78 is 9.55. The first-order valence-corrected chi connectivity index (χ1v) is 8.25. The molecule has 1 N–H and O–H groups in total. The summed E-state index contributed by atoms with van der Waals surface area (Å²) in [7, 11) is 2.33. The van der Waals surface area contributed by atoms with E-state index >= 15 is 0 Å². The molecule has 0 unspecified atom stereocenters. The molecular formula is C17H18Cl2O6. The topological polar surface area (TPSA) is 89.9 Å². The van der Waals surface area contributed by atoms with Gasteiger partial charge in [-0.25, -0.2) is 0 Å². The maximum atomic E-state index is 12.5. The quantitative estimate of drug-likeness (QED) is 0.631. The van der Waals surface area contributed by atoms with E-state index in [0.29, 0.717) is 5.56 Å². The number of benzene rings is 1. The molecule has 25 heavy (non-hydrogen) atoms. The average Bonchev–Trinajstić information content (AvgIpc) is 2.54. The van der Waals surface area contributed by atoms with E-state index in [1.165, 1.54) is 26.2 Å². The van der Waals surface area contributed by atoms with Gasteiger partial charge in [0, 0.05) is 12.3 Å². The van der Waals surface area contributed by atoms with Crippen LogP contribution < -0.4 is 0 Å². The minimum Gasteiger partial charge on any atom is -0.469 e. The molecule has 1 fully saturated rings. The Kier molecular flexibility index (Phi) is 5.76. The number of ether oxygens (including phenoxy) is 2. The molecule has 1 aromatic rings. The number of hydrogen-bond acceptors (Lipinski definition) is 6. The Morgan fingerprint density at radius 3 is 2.28 bits per heavy atom. The smallest absolute Gasteiger partial charge is 0.316 e. The number of carbonyl (C=O) groups is 3. The number of ketones is 1. The maximum Gasteiger partial charge on any atom is 0.316 e. The first-order valence-electron chi connectivity index (χ1n) is 7.49. The minimum absolute atomic E-state index is 0.198. The van der Waals surface area contributed by atoms with Crippen molar-refractivity contribution >= 4 is 40.9 Å². The molecule has 8 heteroatoms.